The second-order valence-corrected chi connectivity index (χ2v) is 4.91. The molecule has 0 aromatic heterocycles. The van der Waals surface area contributed by atoms with Crippen LogP contribution < -0.4 is 0 Å². The fourth-order valence-electron chi connectivity index (χ4n) is 2.55. The number of hydrogen-bond donors (Lipinski definition) is 0. The van der Waals surface area contributed by atoms with Crippen molar-refractivity contribution in [3.05, 3.63) is 35.9 Å². The fourth-order valence-corrected chi connectivity index (χ4v) is 2.55. The van der Waals surface area contributed by atoms with Crippen LogP contribution in [0.1, 0.15) is 37.7 Å². The van der Waals surface area contributed by atoms with Crippen LogP contribution in [0, 0.1) is 0 Å². The molecule has 1 saturated carbocycles. The summed E-state index contributed by atoms with van der Waals surface area (Å²) in [5.41, 5.74) is 0.00713. The SMILES string of the molecule is O=COC1(N(C=O)OCc2ccccc2)CCCCC1. The van der Waals surface area contributed by atoms with Crippen molar-refractivity contribution in [1.29, 1.82) is 0 Å². The Balaban J connectivity index is 2.04. The molecule has 1 aromatic carbocycles. The van der Waals surface area contributed by atoms with E-state index >= 15 is 0 Å². The average Bonchev–Trinajstić information content (AvgIpc) is 2.50. The summed E-state index contributed by atoms with van der Waals surface area (Å²) in [4.78, 5) is 27.6. The van der Waals surface area contributed by atoms with Gasteiger partial charge in [-0.1, -0.05) is 36.8 Å². The minimum atomic E-state index is -0.948. The largest absolute Gasteiger partial charge is 0.439 e. The Kier molecular flexibility index (Phi) is 5.12. The van der Waals surface area contributed by atoms with Crippen LogP contribution >= 0.6 is 0 Å². The van der Waals surface area contributed by atoms with Gasteiger partial charge in [-0.15, -0.1) is 0 Å². The number of ether oxygens (including phenoxy) is 1. The highest BCUT2D eigenvalue weighted by Crippen LogP contribution is 2.34. The average molecular weight is 277 g/mol. The van der Waals surface area contributed by atoms with Gasteiger partial charge >= 0.3 is 0 Å². The highest BCUT2D eigenvalue weighted by molar-refractivity contribution is 5.48. The molecular formula is C15H19NO4. The molecule has 0 heterocycles. The highest BCUT2D eigenvalue weighted by atomic mass is 16.7. The van der Waals surface area contributed by atoms with Crippen molar-refractivity contribution in [3.8, 4) is 0 Å². The topological polar surface area (TPSA) is 55.8 Å². The maximum Gasteiger partial charge on any atom is 0.295 e. The molecule has 1 aliphatic rings. The third kappa shape index (κ3) is 3.36. The van der Waals surface area contributed by atoms with Gasteiger partial charge in [0.1, 0.15) is 6.61 Å². The minimum absolute atomic E-state index is 0.267. The van der Waals surface area contributed by atoms with Crippen molar-refractivity contribution in [1.82, 2.24) is 5.06 Å². The van der Waals surface area contributed by atoms with E-state index in [1.165, 1.54) is 0 Å². The Bertz CT molecular complexity index is 429. The Morgan fingerprint density at radius 3 is 2.40 bits per heavy atom. The molecule has 0 saturated heterocycles. The van der Waals surface area contributed by atoms with E-state index in [1.54, 1.807) is 0 Å². The van der Waals surface area contributed by atoms with Crippen molar-refractivity contribution in [2.24, 2.45) is 0 Å². The van der Waals surface area contributed by atoms with Crippen LogP contribution in [0.15, 0.2) is 30.3 Å². The van der Waals surface area contributed by atoms with Crippen LogP contribution in [0.2, 0.25) is 0 Å². The molecule has 1 aliphatic carbocycles. The molecule has 0 spiro atoms. The van der Waals surface area contributed by atoms with Gasteiger partial charge in [0.05, 0.1) is 0 Å². The predicted molar refractivity (Wildman–Crippen MR) is 72.1 cm³/mol. The van der Waals surface area contributed by atoms with Gasteiger partial charge in [-0.3, -0.25) is 14.4 Å². The first-order chi connectivity index (χ1) is 9.80. The van der Waals surface area contributed by atoms with Crippen LogP contribution in [0.25, 0.3) is 0 Å². The second-order valence-electron chi connectivity index (χ2n) is 4.91. The smallest absolute Gasteiger partial charge is 0.295 e. The lowest BCUT2D eigenvalue weighted by atomic mass is 9.91. The summed E-state index contributed by atoms with van der Waals surface area (Å²) >= 11 is 0. The second kappa shape index (κ2) is 7.05. The third-order valence-electron chi connectivity index (χ3n) is 3.61. The van der Waals surface area contributed by atoms with Crippen LogP contribution in [-0.4, -0.2) is 23.7 Å². The fraction of sp³-hybridized carbons (Fsp3) is 0.467. The monoisotopic (exact) mass is 277 g/mol. The number of hydrogen-bond acceptors (Lipinski definition) is 4. The van der Waals surface area contributed by atoms with Gasteiger partial charge in [0, 0.05) is 12.8 Å². The number of carbonyl (C=O) groups excluding carboxylic acids is 2. The number of benzene rings is 1. The normalized spacial score (nSPS) is 17.2. The summed E-state index contributed by atoms with van der Waals surface area (Å²) in [5.74, 6) is 0. The van der Waals surface area contributed by atoms with Gasteiger partial charge in [0.2, 0.25) is 12.1 Å². The molecule has 5 heteroatoms. The van der Waals surface area contributed by atoms with Crippen LogP contribution in [0.5, 0.6) is 0 Å². The Hall–Kier alpha value is -1.88. The van der Waals surface area contributed by atoms with Gasteiger partial charge in [-0.05, 0) is 18.4 Å². The maximum atomic E-state index is 11.3. The van der Waals surface area contributed by atoms with Crippen LogP contribution in [0.3, 0.4) is 0 Å². The summed E-state index contributed by atoms with van der Waals surface area (Å²) in [7, 11) is 0. The standard InChI is InChI=1S/C15H19NO4/c17-12-16(20-11-14-7-3-1-4-8-14)15(19-13-18)9-5-2-6-10-15/h1,3-4,7-8,12-13H,2,5-6,9-11H2. The number of nitrogens with zero attached hydrogens (tertiary/aromatic N) is 1. The van der Waals surface area contributed by atoms with Gasteiger partial charge in [-0.25, -0.2) is 0 Å². The molecule has 1 aromatic rings. The molecule has 0 N–H and O–H groups in total. The molecule has 0 aliphatic heterocycles. The third-order valence-corrected chi connectivity index (χ3v) is 3.61. The summed E-state index contributed by atoms with van der Waals surface area (Å²) in [6.45, 7) is 0.664. The molecule has 0 bridgehead atoms. The Morgan fingerprint density at radius 2 is 1.80 bits per heavy atom. The van der Waals surface area contributed by atoms with Gasteiger partial charge in [0.25, 0.3) is 6.47 Å². The maximum absolute atomic E-state index is 11.3. The van der Waals surface area contributed by atoms with Crippen molar-refractivity contribution >= 4 is 12.9 Å². The Morgan fingerprint density at radius 1 is 1.10 bits per heavy atom. The molecule has 0 atom stereocenters. The summed E-state index contributed by atoms with van der Waals surface area (Å²) in [6, 6.07) is 9.55. The molecule has 0 radical (unpaired) electrons. The van der Waals surface area contributed by atoms with Crippen LogP contribution in [0.4, 0.5) is 0 Å². The first-order valence-electron chi connectivity index (χ1n) is 6.84. The van der Waals surface area contributed by atoms with Crippen molar-refractivity contribution < 1.29 is 19.2 Å². The number of hydroxylamine groups is 2. The van der Waals surface area contributed by atoms with Gasteiger partial charge in [0.15, 0.2) is 0 Å². The lowest BCUT2D eigenvalue weighted by Gasteiger charge is -2.41. The lowest BCUT2D eigenvalue weighted by molar-refractivity contribution is -0.285. The summed E-state index contributed by atoms with van der Waals surface area (Å²) in [5, 5.41) is 1.16. The molecule has 5 nitrogen and oxygen atoms in total. The van der Waals surface area contributed by atoms with Gasteiger partial charge < -0.3 is 4.74 Å². The molecular weight excluding hydrogens is 258 g/mol. The van der Waals surface area contributed by atoms with E-state index in [1.807, 2.05) is 30.3 Å². The first-order valence-corrected chi connectivity index (χ1v) is 6.84. The quantitative estimate of drug-likeness (QED) is 0.436. The van der Waals surface area contributed by atoms with Crippen molar-refractivity contribution in [2.75, 3.05) is 0 Å². The molecule has 2 rings (SSSR count). The van der Waals surface area contributed by atoms with Crippen molar-refractivity contribution in [3.63, 3.8) is 0 Å². The molecule has 1 amide bonds. The van der Waals surface area contributed by atoms with E-state index in [0.29, 0.717) is 25.7 Å². The zero-order chi connectivity index (χ0) is 14.3. The van der Waals surface area contributed by atoms with Crippen LogP contribution in [-0.2, 0) is 25.8 Å². The first kappa shape index (κ1) is 14.5. The zero-order valence-electron chi connectivity index (χ0n) is 11.4. The number of carbonyl (C=O) groups is 2. The molecule has 1 fully saturated rings. The summed E-state index contributed by atoms with van der Waals surface area (Å²) < 4.78 is 5.20. The number of rotatable bonds is 7. The van der Waals surface area contributed by atoms with E-state index in [9.17, 15) is 9.59 Å². The molecule has 0 unspecified atom stereocenters. The lowest BCUT2D eigenvalue weighted by Crippen LogP contribution is -2.51. The highest BCUT2D eigenvalue weighted by Gasteiger charge is 2.41. The van der Waals surface area contributed by atoms with E-state index in [4.69, 9.17) is 9.57 Å². The van der Waals surface area contributed by atoms with Crippen molar-refractivity contribution in [2.45, 2.75) is 44.4 Å². The summed E-state index contributed by atoms with van der Waals surface area (Å²) in [6.07, 6.45) is 4.71. The zero-order valence-corrected chi connectivity index (χ0v) is 11.4. The molecule has 20 heavy (non-hydrogen) atoms. The van der Waals surface area contributed by atoms with E-state index in [2.05, 4.69) is 0 Å². The Labute approximate surface area is 118 Å². The van der Waals surface area contributed by atoms with Gasteiger partial charge in [-0.2, -0.15) is 5.06 Å². The molecule has 108 valence electrons. The minimum Gasteiger partial charge on any atom is -0.439 e. The number of amides is 1. The van der Waals surface area contributed by atoms with E-state index in [-0.39, 0.29) is 6.61 Å². The van der Waals surface area contributed by atoms with E-state index in [0.717, 1.165) is 29.9 Å². The van der Waals surface area contributed by atoms with E-state index < -0.39 is 5.72 Å². The predicted octanol–water partition coefficient (Wildman–Crippen LogP) is 2.41.